The molecule has 4 heteroatoms. The standard InChI is InChI=1S/C18H22O4/c1-5-15(14-11-9-8-10-12-14)13(4)16(17(19)21-6-2)18(20)22-7-3/h8-13,16H,1,6-7H2,2-4H3. The minimum atomic E-state index is -1.02. The molecule has 0 saturated carbocycles. The van der Waals surface area contributed by atoms with Gasteiger partial charge in [-0.15, -0.1) is 5.73 Å². The third-order valence-electron chi connectivity index (χ3n) is 3.31. The van der Waals surface area contributed by atoms with Crippen molar-refractivity contribution in [2.45, 2.75) is 20.8 Å². The minimum Gasteiger partial charge on any atom is -0.465 e. The van der Waals surface area contributed by atoms with Crippen molar-refractivity contribution in [3.8, 4) is 0 Å². The van der Waals surface area contributed by atoms with Crippen LogP contribution in [0, 0.1) is 11.8 Å². The molecule has 22 heavy (non-hydrogen) atoms. The van der Waals surface area contributed by atoms with Gasteiger partial charge in [0.25, 0.3) is 0 Å². The summed E-state index contributed by atoms with van der Waals surface area (Å²) in [7, 11) is 0. The normalized spacial score (nSPS) is 11.5. The van der Waals surface area contributed by atoms with Gasteiger partial charge in [-0.3, -0.25) is 9.59 Å². The van der Waals surface area contributed by atoms with Crippen LogP contribution in [-0.2, 0) is 19.1 Å². The second-order valence-electron chi connectivity index (χ2n) is 4.73. The smallest absolute Gasteiger partial charge is 0.320 e. The summed E-state index contributed by atoms with van der Waals surface area (Å²) in [5, 5.41) is 0. The van der Waals surface area contributed by atoms with Gasteiger partial charge < -0.3 is 9.47 Å². The maximum absolute atomic E-state index is 12.2. The first-order valence-corrected chi connectivity index (χ1v) is 7.35. The van der Waals surface area contributed by atoms with E-state index in [9.17, 15) is 9.59 Å². The van der Waals surface area contributed by atoms with Gasteiger partial charge in [-0.25, -0.2) is 0 Å². The highest BCUT2D eigenvalue weighted by Gasteiger charge is 2.37. The highest BCUT2D eigenvalue weighted by atomic mass is 16.6. The lowest BCUT2D eigenvalue weighted by Gasteiger charge is -2.22. The predicted molar refractivity (Wildman–Crippen MR) is 84.9 cm³/mol. The number of allylic oxidation sites excluding steroid dienone is 1. The molecular weight excluding hydrogens is 280 g/mol. The number of hydrogen-bond acceptors (Lipinski definition) is 4. The maximum atomic E-state index is 12.2. The van der Waals surface area contributed by atoms with E-state index in [-0.39, 0.29) is 13.2 Å². The molecular formula is C18H22O4. The van der Waals surface area contributed by atoms with Gasteiger partial charge in [0, 0.05) is 11.5 Å². The summed E-state index contributed by atoms with van der Waals surface area (Å²) in [5.74, 6) is -2.64. The van der Waals surface area contributed by atoms with E-state index in [1.807, 2.05) is 30.3 Å². The van der Waals surface area contributed by atoms with E-state index in [0.29, 0.717) is 5.57 Å². The number of esters is 2. The molecule has 1 rings (SSSR count). The lowest BCUT2D eigenvalue weighted by atomic mass is 9.84. The van der Waals surface area contributed by atoms with Crippen LogP contribution in [-0.4, -0.2) is 25.2 Å². The van der Waals surface area contributed by atoms with Crippen molar-refractivity contribution in [1.82, 2.24) is 0 Å². The predicted octanol–water partition coefficient (Wildman–Crippen LogP) is 3.23. The molecule has 1 aromatic carbocycles. The highest BCUT2D eigenvalue weighted by molar-refractivity contribution is 5.97. The molecule has 0 aliphatic rings. The lowest BCUT2D eigenvalue weighted by Crippen LogP contribution is -2.33. The quantitative estimate of drug-likeness (QED) is 0.441. The van der Waals surface area contributed by atoms with Crippen molar-refractivity contribution in [1.29, 1.82) is 0 Å². The van der Waals surface area contributed by atoms with Gasteiger partial charge in [0.05, 0.1) is 13.2 Å². The molecule has 0 heterocycles. The van der Waals surface area contributed by atoms with Crippen LogP contribution in [0.25, 0.3) is 5.57 Å². The van der Waals surface area contributed by atoms with E-state index in [1.165, 1.54) is 0 Å². The Morgan fingerprint density at radius 2 is 1.59 bits per heavy atom. The molecule has 0 fully saturated rings. The summed E-state index contributed by atoms with van der Waals surface area (Å²) in [6.45, 7) is 9.28. The topological polar surface area (TPSA) is 52.6 Å². The fraction of sp³-hybridized carbons (Fsp3) is 0.389. The molecule has 0 amide bonds. The number of rotatable bonds is 7. The third kappa shape index (κ3) is 4.34. The lowest BCUT2D eigenvalue weighted by molar-refractivity contribution is -0.163. The van der Waals surface area contributed by atoms with Gasteiger partial charge in [0.1, 0.15) is 0 Å². The first kappa shape index (κ1) is 17.7. The average Bonchev–Trinajstić information content (AvgIpc) is 2.50. The largest absolute Gasteiger partial charge is 0.465 e. The highest BCUT2D eigenvalue weighted by Crippen LogP contribution is 2.30. The van der Waals surface area contributed by atoms with E-state index >= 15 is 0 Å². The molecule has 118 valence electrons. The Bertz CT molecular complexity index is 538. The Labute approximate surface area is 131 Å². The molecule has 1 atom stereocenters. The monoisotopic (exact) mass is 302 g/mol. The van der Waals surface area contributed by atoms with Crippen LogP contribution < -0.4 is 0 Å². The number of ether oxygens (including phenoxy) is 2. The zero-order valence-electron chi connectivity index (χ0n) is 13.3. The number of carbonyl (C=O) groups is 2. The Morgan fingerprint density at radius 1 is 1.09 bits per heavy atom. The van der Waals surface area contributed by atoms with Crippen LogP contribution >= 0.6 is 0 Å². The number of benzene rings is 1. The summed E-state index contributed by atoms with van der Waals surface area (Å²) in [5.41, 5.74) is 4.39. The second-order valence-corrected chi connectivity index (χ2v) is 4.73. The van der Waals surface area contributed by atoms with Crippen molar-refractivity contribution in [3.05, 3.63) is 48.2 Å². The number of hydrogen-bond donors (Lipinski definition) is 0. The number of carbonyl (C=O) groups excluding carboxylic acids is 2. The summed E-state index contributed by atoms with van der Waals surface area (Å²) < 4.78 is 10.0. The van der Waals surface area contributed by atoms with Crippen LogP contribution in [0.5, 0.6) is 0 Å². The van der Waals surface area contributed by atoms with Crippen LogP contribution in [0.15, 0.2) is 42.6 Å². The zero-order valence-corrected chi connectivity index (χ0v) is 13.3. The molecule has 0 aromatic heterocycles. The molecule has 0 aliphatic heterocycles. The Kier molecular flexibility index (Phi) is 7.14. The van der Waals surface area contributed by atoms with E-state index < -0.39 is 23.8 Å². The van der Waals surface area contributed by atoms with Gasteiger partial charge in [-0.2, -0.15) is 0 Å². The summed E-state index contributed by atoms with van der Waals surface area (Å²) in [4.78, 5) is 24.3. The van der Waals surface area contributed by atoms with Crippen LogP contribution in [0.2, 0.25) is 0 Å². The Balaban J connectivity index is 3.14. The SMILES string of the molecule is C=C=C(c1ccccc1)C(C)C(C(=O)OCC)C(=O)OCC. The van der Waals surface area contributed by atoms with Gasteiger partial charge in [-0.05, 0) is 19.4 Å². The van der Waals surface area contributed by atoms with Gasteiger partial charge >= 0.3 is 11.9 Å². The minimum absolute atomic E-state index is 0.208. The summed E-state index contributed by atoms with van der Waals surface area (Å²) in [6, 6.07) is 9.42. The molecule has 1 aromatic rings. The van der Waals surface area contributed by atoms with Crippen molar-refractivity contribution < 1.29 is 19.1 Å². The molecule has 0 N–H and O–H groups in total. The van der Waals surface area contributed by atoms with Crippen LogP contribution in [0.3, 0.4) is 0 Å². The van der Waals surface area contributed by atoms with Crippen molar-refractivity contribution in [3.63, 3.8) is 0 Å². The van der Waals surface area contributed by atoms with Crippen molar-refractivity contribution >= 4 is 17.5 Å². The van der Waals surface area contributed by atoms with Gasteiger partial charge in [0.15, 0.2) is 5.92 Å². The van der Waals surface area contributed by atoms with E-state index in [1.54, 1.807) is 20.8 Å². The van der Waals surface area contributed by atoms with E-state index in [0.717, 1.165) is 5.56 Å². The fourth-order valence-electron chi connectivity index (χ4n) is 2.28. The van der Waals surface area contributed by atoms with Crippen molar-refractivity contribution in [2.24, 2.45) is 11.8 Å². The molecule has 0 aliphatic carbocycles. The molecule has 4 nitrogen and oxygen atoms in total. The zero-order chi connectivity index (χ0) is 16.5. The third-order valence-corrected chi connectivity index (χ3v) is 3.31. The second kappa shape index (κ2) is 8.85. The van der Waals surface area contributed by atoms with Gasteiger partial charge in [-0.1, -0.05) is 43.8 Å². The first-order chi connectivity index (χ1) is 10.6. The van der Waals surface area contributed by atoms with Gasteiger partial charge in [0.2, 0.25) is 0 Å². The maximum Gasteiger partial charge on any atom is 0.320 e. The summed E-state index contributed by atoms with van der Waals surface area (Å²) >= 11 is 0. The molecule has 0 spiro atoms. The van der Waals surface area contributed by atoms with Crippen molar-refractivity contribution in [2.75, 3.05) is 13.2 Å². The fourth-order valence-corrected chi connectivity index (χ4v) is 2.28. The Hall–Kier alpha value is -2.32. The first-order valence-electron chi connectivity index (χ1n) is 7.35. The molecule has 1 unspecified atom stereocenters. The molecule has 0 bridgehead atoms. The average molecular weight is 302 g/mol. The Morgan fingerprint density at radius 3 is 2.00 bits per heavy atom. The molecule has 0 saturated heterocycles. The van der Waals surface area contributed by atoms with Crippen LogP contribution in [0.1, 0.15) is 26.3 Å². The molecule has 0 radical (unpaired) electrons. The summed E-state index contributed by atoms with van der Waals surface area (Å²) in [6.07, 6.45) is 0. The van der Waals surface area contributed by atoms with E-state index in [2.05, 4.69) is 12.3 Å². The van der Waals surface area contributed by atoms with E-state index in [4.69, 9.17) is 9.47 Å². The van der Waals surface area contributed by atoms with Crippen LogP contribution in [0.4, 0.5) is 0 Å².